The van der Waals surface area contributed by atoms with Crippen LogP contribution in [0.15, 0.2) is 24.3 Å². The summed E-state index contributed by atoms with van der Waals surface area (Å²) in [5.41, 5.74) is 2.30. The van der Waals surface area contributed by atoms with Gasteiger partial charge in [-0.05, 0) is 24.5 Å². The molecule has 0 bridgehead atoms. The predicted octanol–water partition coefficient (Wildman–Crippen LogP) is 1.25. The molecule has 0 fully saturated rings. The third kappa shape index (κ3) is 4.00. The van der Waals surface area contributed by atoms with Crippen LogP contribution in [0.4, 0.5) is 0 Å². The first kappa shape index (κ1) is 12.2. The van der Waals surface area contributed by atoms with Crippen LogP contribution >= 0.6 is 0 Å². The topological polar surface area (TPSA) is 49.7 Å². The number of hydrogen-bond acceptors (Lipinski definition) is 3. The molecule has 1 atom stereocenters. The number of benzene rings is 1. The summed E-state index contributed by atoms with van der Waals surface area (Å²) in [7, 11) is 0. The van der Waals surface area contributed by atoms with Crippen LogP contribution in [0.1, 0.15) is 17.5 Å². The fraction of sp³-hybridized carbons (Fsp3) is 0.500. The number of ether oxygens (including phenoxy) is 1. The first-order chi connectivity index (χ1) is 7.27. The second-order valence-corrected chi connectivity index (χ2v) is 3.55. The van der Waals surface area contributed by atoms with E-state index in [0.29, 0.717) is 13.0 Å². The van der Waals surface area contributed by atoms with Gasteiger partial charge in [0, 0.05) is 6.61 Å². The van der Waals surface area contributed by atoms with Gasteiger partial charge in [0.1, 0.15) is 0 Å². The molecule has 0 aliphatic carbocycles. The minimum absolute atomic E-state index is 0.0407. The summed E-state index contributed by atoms with van der Waals surface area (Å²) in [5.74, 6) is 0. The normalized spacial score (nSPS) is 12.7. The zero-order chi connectivity index (χ0) is 11.1. The molecule has 1 rings (SSSR count). The summed E-state index contributed by atoms with van der Waals surface area (Å²) in [6.45, 7) is 2.50. The van der Waals surface area contributed by atoms with Crippen molar-refractivity contribution in [2.24, 2.45) is 0 Å². The molecule has 0 aromatic heterocycles. The molecule has 0 amide bonds. The van der Waals surface area contributed by atoms with E-state index in [1.54, 1.807) is 0 Å². The molecule has 3 nitrogen and oxygen atoms in total. The van der Waals surface area contributed by atoms with Gasteiger partial charge < -0.3 is 14.9 Å². The quantitative estimate of drug-likeness (QED) is 0.743. The van der Waals surface area contributed by atoms with Gasteiger partial charge in [-0.25, -0.2) is 0 Å². The monoisotopic (exact) mass is 210 g/mol. The Hall–Kier alpha value is -0.900. The van der Waals surface area contributed by atoms with Crippen LogP contribution in [-0.2, 0) is 11.3 Å². The van der Waals surface area contributed by atoms with Gasteiger partial charge in [-0.15, -0.1) is 0 Å². The van der Waals surface area contributed by atoms with Gasteiger partial charge in [0.2, 0.25) is 0 Å². The van der Waals surface area contributed by atoms with Crippen molar-refractivity contribution in [1.82, 2.24) is 0 Å². The summed E-state index contributed by atoms with van der Waals surface area (Å²) in [6, 6.07) is 7.98. The van der Waals surface area contributed by atoms with Gasteiger partial charge in [0.05, 0.1) is 19.3 Å². The maximum atomic E-state index is 8.97. The summed E-state index contributed by atoms with van der Waals surface area (Å²) < 4.78 is 5.49. The van der Waals surface area contributed by atoms with E-state index in [0.717, 1.165) is 5.56 Å². The number of rotatable bonds is 6. The maximum Gasteiger partial charge on any atom is 0.0832 e. The molecule has 3 heteroatoms. The summed E-state index contributed by atoms with van der Waals surface area (Å²) in [4.78, 5) is 0. The van der Waals surface area contributed by atoms with Crippen LogP contribution in [0.2, 0.25) is 0 Å². The van der Waals surface area contributed by atoms with E-state index in [2.05, 4.69) is 0 Å². The zero-order valence-corrected chi connectivity index (χ0v) is 9.02. The number of aryl methyl sites for hydroxylation is 1. The zero-order valence-electron chi connectivity index (χ0n) is 9.02. The number of hydrogen-bond donors (Lipinski definition) is 2. The second kappa shape index (κ2) is 6.56. The molecular weight excluding hydrogens is 192 g/mol. The van der Waals surface area contributed by atoms with E-state index in [9.17, 15) is 0 Å². The highest BCUT2D eigenvalue weighted by Crippen LogP contribution is 2.10. The first-order valence-electron chi connectivity index (χ1n) is 5.15. The molecule has 0 heterocycles. The summed E-state index contributed by atoms with van der Waals surface area (Å²) >= 11 is 0. The van der Waals surface area contributed by atoms with Crippen LogP contribution < -0.4 is 0 Å². The van der Waals surface area contributed by atoms with Gasteiger partial charge in [0.25, 0.3) is 0 Å². The van der Waals surface area contributed by atoms with E-state index in [1.807, 2.05) is 31.2 Å². The summed E-state index contributed by atoms with van der Waals surface area (Å²) in [5, 5.41) is 17.7. The van der Waals surface area contributed by atoms with Gasteiger partial charge in [-0.3, -0.25) is 0 Å². The van der Waals surface area contributed by atoms with Crippen LogP contribution in [-0.4, -0.2) is 29.5 Å². The minimum atomic E-state index is -0.269. The Morgan fingerprint density at radius 2 is 2.00 bits per heavy atom. The standard InChI is InChI=1S/C12H18O3/c1-10-4-2-3-5-11(10)9-15-12(8-14)6-7-13/h2-5,12-14H,6-9H2,1H3. The largest absolute Gasteiger partial charge is 0.396 e. The van der Waals surface area contributed by atoms with E-state index < -0.39 is 0 Å². The van der Waals surface area contributed by atoms with Crippen molar-refractivity contribution in [3.05, 3.63) is 35.4 Å². The fourth-order valence-electron chi connectivity index (χ4n) is 1.35. The molecule has 84 valence electrons. The Balaban J connectivity index is 2.45. The molecule has 1 aromatic rings. The second-order valence-electron chi connectivity index (χ2n) is 3.55. The number of aliphatic hydroxyl groups is 2. The Morgan fingerprint density at radius 1 is 1.27 bits per heavy atom. The third-order valence-corrected chi connectivity index (χ3v) is 2.39. The third-order valence-electron chi connectivity index (χ3n) is 2.39. The van der Waals surface area contributed by atoms with Crippen LogP contribution in [0, 0.1) is 6.92 Å². The minimum Gasteiger partial charge on any atom is -0.396 e. The van der Waals surface area contributed by atoms with E-state index in [1.165, 1.54) is 5.56 Å². The lowest BCUT2D eigenvalue weighted by Gasteiger charge is -2.15. The molecular formula is C12H18O3. The highest BCUT2D eigenvalue weighted by atomic mass is 16.5. The van der Waals surface area contributed by atoms with E-state index in [4.69, 9.17) is 14.9 Å². The van der Waals surface area contributed by atoms with Crippen LogP contribution in [0.3, 0.4) is 0 Å². The van der Waals surface area contributed by atoms with Crippen molar-refractivity contribution < 1.29 is 14.9 Å². The molecule has 15 heavy (non-hydrogen) atoms. The lowest BCUT2D eigenvalue weighted by molar-refractivity contribution is -0.0106. The molecule has 0 saturated heterocycles. The fourth-order valence-corrected chi connectivity index (χ4v) is 1.35. The molecule has 0 aliphatic heterocycles. The van der Waals surface area contributed by atoms with Gasteiger partial charge >= 0.3 is 0 Å². The number of aliphatic hydroxyl groups excluding tert-OH is 2. The predicted molar refractivity (Wildman–Crippen MR) is 58.5 cm³/mol. The molecule has 0 spiro atoms. The Morgan fingerprint density at radius 3 is 2.60 bits per heavy atom. The van der Waals surface area contributed by atoms with Crippen molar-refractivity contribution in [1.29, 1.82) is 0 Å². The van der Waals surface area contributed by atoms with Crippen molar-refractivity contribution in [3.8, 4) is 0 Å². The molecule has 1 aromatic carbocycles. The van der Waals surface area contributed by atoms with E-state index >= 15 is 0 Å². The average molecular weight is 210 g/mol. The SMILES string of the molecule is Cc1ccccc1COC(CO)CCO. The lowest BCUT2D eigenvalue weighted by atomic mass is 10.1. The van der Waals surface area contributed by atoms with Crippen molar-refractivity contribution in [2.45, 2.75) is 26.1 Å². The van der Waals surface area contributed by atoms with Gasteiger partial charge in [0.15, 0.2) is 0 Å². The Bertz CT molecular complexity index is 286. The van der Waals surface area contributed by atoms with Gasteiger partial charge in [-0.2, -0.15) is 0 Å². The van der Waals surface area contributed by atoms with Crippen molar-refractivity contribution >= 4 is 0 Å². The highest BCUT2D eigenvalue weighted by Gasteiger charge is 2.07. The molecule has 0 aliphatic rings. The average Bonchev–Trinajstić information content (AvgIpc) is 2.26. The maximum absolute atomic E-state index is 8.97. The van der Waals surface area contributed by atoms with Crippen molar-refractivity contribution in [3.63, 3.8) is 0 Å². The molecule has 2 N–H and O–H groups in total. The molecule has 0 radical (unpaired) electrons. The smallest absolute Gasteiger partial charge is 0.0832 e. The highest BCUT2D eigenvalue weighted by molar-refractivity contribution is 5.24. The molecule has 0 saturated carbocycles. The molecule has 1 unspecified atom stereocenters. The Labute approximate surface area is 90.3 Å². The van der Waals surface area contributed by atoms with Crippen LogP contribution in [0.5, 0.6) is 0 Å². The van der Waals surface area contributed by atoms with Crippen LogP contribution in [0.25, 0.3) is 0 Å². The summed E-state index contributed by atoms with van der Waals surface area (Å²) in [6.07, 6.45) is 0.206. The van der Waals surface area contributed by atoms with Gasteiger partial charge in [-0.1, -0.05) is 24.3 Å². The van der Waals surface area contributed by atoms with E-state index in [-0.39, 0.29) is 19.3 Å². The van der Waals surface area contributed by atoms with Crippen molar-refractivity contribution in [2.75, 3.05) is 13.2 Å². The first-order valence-corrected chi connectivity index (χ1v) is 5.15. The lowest BCUT2D eigenvalue weighted by Crippen LogP contribution is -2.19. The Kier molecular flexibility index (Phi) is 5.32.